The predicted octanol–water partition coefficient (Wildman–Crippen LogP) is -0.304. The van der Waals surface area contributed by atoms with Gasteiger partial charge in [-0.3, -0.25) is 0 Å². The van der Waals surface area contributed by atoms with Gasteiger partial charge in [-0.2, -0.15) is 0 Å². The zero-order valence-corrected chi connectivity index (χ0v) is 9.08. The summed E-state index contributed by atoms with van der Waals surface area (Å²) in [7, 11) is 2.13. The molecule has 0 radical (unpaired) electrons. The van der Waals surface area contributed by atoms with Gasteiger partial charge in [-0.25, -0.2) is 0 Å². The number of hydrogen-bond donors (Lipinski definition) is 1. The number of hydrogen-bond acceptors (Lipinski definition) is 4. The summed E-state index contributed by atoms with van der Waals surface area (Å²) in [5.41, 5.74) is 0.0549. The van der Waals surface area contributed by atoms with Gasteiger partial charge in [0.05, 0.1) is 24.9 Å². The molecule has 1 unspecified atom stereocenters. The highest BCUT2D eigenvalue weighted by atomic mass is 16.5. The van der Waals surface area contributed by atoms with Crippen LogP contribution < -0.4 is 5.32 Å². The summed E-state index contributed by atoms with van der Waals surface area (Å²) >= 11 is 0. The molecule has 14 heavy (non-hydrogen) atoms. The smallest absolute Gasteiger partial charge is 0.0935 e. The molecule has 82 valence electrons. The van der Waals surface area contributed by atoms with Crippen LogP contribution in [0.15, 0.2) is 0 Å². The summed E-state index contributed by atoms with van der Waals surface area (Å²) in [5.74, 6) is 0. The van der Waals surface area contributed by atoms with Crippen LogP contribution in [0.4, 0.5) is 0 Å². The van der Waals surface area contributed by atoms with Crippen LogP contribution in [0.3, 0.4) is 0 Å². The first-order valence-electron chi connectivity index (χ1n) is 5.33. The molecule has 0 aromatic carbocycles. The molecule has 2 heterocycles. The zero-order valence-electron chi connectivity index (χ0n) is 9.08. The Bertz CT molecular complexity index is 195. The van der Waals surface area contributed by atoms with Gasteiger partial charge in [0.15, 0.2) is 0 Å². The number of nitrogens with zero attached hydrogens (tertiary/aromatic N) is 1. The molecule has 1 N–H and O–H groups in total. The van der Waals surface area contributed by atoms with Crippen molar-refractivity contribution < 1.29 is 9.47 Å². The molecule has 0 bridgehead atoms. The minimum atomic E-state index is 0.0549. The second-order valence-electron chi connectivity index (χ2n) is 4.62. The Labute approximate surface area is 85.5 Å². The molecule has 2 aliphatic rings. The van der Waals surface area contributed by atoms with E-state index < -0.39 is 0 Å². The summed E-state index contributed by atoms with van der Waals surface area (Å²) in [6, 6.07) is 0. The average Bonchev–Trinajstić information content (AvgIpc) is 2.12. The van der Waals surface area contributed by atoms with Crippen molar-refractivity contribution in [2.75, 3.05) is 46.4 Å². The van der Waals surface area contributed by atoms with Crippen LogP contribution in [0.2, 0.25) is 0 Å². The molecule has 2 saturated heterocycles. The lowest BCUT2D eigenvalue weighted by Gasteiger charge is -2.41. The second-order valence-corrected chi connectivity index (χ2v) is 4.62. The maximum absolute atomic E-state index is 5.84. The fourth-order valence-electron chi connectivity index (χ4n) is 1.84. The fraction of sp³-hybridized carbons (Fsp3) is 1.00. The molecular weight excluding hydrogens is 180 g/mol. The van der Waals surface area contributed by atoms with Crippen molar-refractivity contribution in [3.05, 3.63) is 0 Å². The molecule has 2 fully saturated rings. The standard InChI is InChI=1S/C10H20N2O2/c1-10(7-11-8-10)14-6-9-5-12(2)3-4-13-9/h9,11H,3-8H2,1-2H3. The van der Waals surface area contributed by atoms with Crippen molar-refractivity contribution in [3.63, 3.8) is 0 Å². The lowest BCUT2D eigenvalue weighted by Crippen LogP contribution is -2.60. The van der Waals surface area contributed by atoms with E-state index in [2.05, 4.69) is 24.2 Å². The van der Waals surface area contributed by atoms with Crippen LogP contribution >= 0.6 is 0 Å². The van der Waals surface area contributed by atoms with Crippen molar-refractivity contribution in [2.24, 2.45) is 0 Å². The summed E-state index contributed by atoms with van der Waals surface area (Å²) in [4.78, 5) is 2.29. The van der Waals surface area contributed by atoms with Crippen molar-refractivity contribution in [1.82, 2.24) is 10.2 Å². The lowest BCUT2D eigenvalue weighted by atomic mass is 10.00. The van der Waals surface area contributed by atoms with E-state index >= 15 is 0 Å². The Hall–Kier alpha value is -0.160. The third-order valence-electron chi connectivity index (χ3n) is 2.96. The monoisotopic (exact) mass is 200 g/mol. The minimum Gasteiger partial charge on any atom is -0.373 e. The largest absolute Gasteiger partial charge is 0.373 e. The molecular formula is C10H20N2O2. The van der Waals surface area contributed by atoms with E-state index in [0.717, 1.165) is 39.4 Å². The van der Waals surface area contributed by atoms with Gasteiger partial charge in [0, 0.05) is 26.2 Å². The van der Waals surface area contributed by atoms with Crippen molar-refractivity contribution in [2.45, 2.75) is 18.6 Å². The van der Waals surface area contributed by atoms with Crippen molar-refractivity contribution in [1.29, 1.82) is 0 Å². The Morgan fingerprint density at radius 2 is 2.36 bits per heavy atom. The quantitative estimate of drug-likeness (QED) is 0.678. The lowest BCUT2D eigenvalue weighted by molar-refractivity contribution is -0.126. The molecule has 0 spiro atoms. The van der Waals surface area contributed by atoms with E-state index in [0.29, 0.717) is 0 Å². The van der Waals surface area contributed by atoms with Gasteiger partial charge in [0.25, 0.3) is 0 Å². The maximum Gasteiger partial charge on any atom is 0.0935 e. The third kappa shape index (κ3) is 2.45. The van der Waals surface area contributed by atoms with Gasteiger partial charge < -0.3 is 19.7 Å². The van der Waals surface area contributed by atoms with E-state index in [1.54, 1.807) is 0 Å². The summed E-state index contributed by atoms with van der Waals surface area (Å²) < 4.78 is 11.5. The highest BCUT2D eigenvalue weighted by Crippen LogP contribution is 2.16. The van der Waals surface area contributed by atoms with Gasteiger partial charge in [-0.15, -0.1) is 0 Å². The van der Waals surface area contributed by atoms with E-state index in [-0.39, 0.29) is 11.7 Å². The van der Waals surface area contributed by atoms with E-state index in [1.807, 2.05) is 0 Å². The first-order chi connectivity index (χ1) is 6.68. The molecule has 0 aromatic heterocycles. The van der Waals surface area contributed by atoms with Gasteiger partial charge in [-0.1, -0.05) is 0 Å². The van der Waals surface area contributed by atoms with Crippen LogP contribution in [0.5, 0.6) is 0 Å². The molecule has 1 atom stereocenters. The van der Waals surface area contributed by atoms with Crippen LogP contribution in [0.1, 0.15) is 6.92 Å². The Morgan fingerprint density at radius 1 is 1.57 bits per heavy atom. The predicted molar refractivity (Wildman–Crippen MR) is 54.5 cm³/mol. The maximum atomic E-state index is 5.84. The average molecular weight is 200 g/mol. The van der Waals surface area contributed by atoms with Gasteiger partial charge in [0.1, 0.15) is 0 Å². The second kappa shape index (κ2) is 4.14. The first kappa shape index (κ1) is 10.4. The molecule has 4 nitrogen and oxygen atoms in total. The van der Waals surface area contributed by atoms with Gasteiger partial charge in [-0.05, 0) is 14.0 Å². The molecule has 2 aliphatic heterocycles. The van der Waals surface area contributed by atoms with Crippen LogP contribution in [-0.2, 0) is 9.47 Å². The number of ether oxygens (including phenoxy) is 2. The molecule has 0 amide bonds. The Morgan fingerprint density at radius 3 is 2.93 bits per heavy atom. The minimum absolute atomic E-state index is 0.0549. The molecule has 0 aliphatic carbocycles. The van der Waals surface area contributed by atoms with Crippen LogP contribution in [0, 0.1) is 0 Å². The SMILES string of the molecule is CN1CCOC(COC2(C)CNC2)C1. The van der Waals surface area contributed by atoms with E-state index in [1.165, 1.54) is 0 Å². The van der Waals surface area contributed by atoms with Crippen molar-refractivity contribution in [3.8, 4) is 0 Å². The van der Waals surface area contributed by atoms with E-state index in [4.69, 9.17) is 9.47 Å². The summed E-state index contributed by atoms with van der Waals surface area (Å²) in [6.45, 7) is 7.67. The highest BCUT2D eigenvalue weighted by Gasteiger charge is 2.33. The van der Waals surface area contributed by atoms with Crippen LogP contribution in [-0.4, -0.2) is 63.0 Å². The number of morpholine rings is 1. The molecule has 4 heteroatoms. The summed E-state index contributed by atoms with van der Waals surface area (Å²) in [5, 5.41) is 3.22. The third-order valence-corrected chi connectivity index (χ3v) is 2.96. The molecule has 2 rings (SSSR count). The Balaban J connectivity index is 1.69. The topological polar surface area (TPSA) is 33.7 Å². The number of likely N-dealkylation sites (N-methyl/N-ethyl adjacent to an activating group) is 1. The van der Waals surface area contributed by atoms with Gasteiger partial charge >= 0.3 is 0 Å². The Kier molecular flexibility index (Phi) is 3.07. The number of rotatable bonds is 3. The zero-order chi connectivity index (χ0) is 10.0. The highest BCUT2D eigenvalue weighted by molar-refractivity contribution is 4.90. The van der Waals surface area contributed by atoms with E-state index in [9.17, 15) is 0 Å². The first-order valence-corrected chi connectivity index (χ1v) is 5.33. The number of nitrogens with one attached hydrogen (secondary N) is 1. The van der Waals surface area contributed by atoms with Gasteiger partial charge in [0.2, 0.25) is 0 Å². The normalized spacial score (nSPS) is 32.6. The fourth-order valence-corrected chi connectivity index (χ4v) is 1.84. The molecule has 0 saturated carbocycles. The van der Waals surface area contributed by atoms with Crippen LogP contribution in [0.25, 0.3) is 0 Å². The summed E-state index contributed by atoms with van der Waals surface area (Å²) in [6.07, 6.45) is 0.256. The molecule has 0 aromatic rings. The van der Waals surface area contributed by atoms with Crippen molar-refractivity contribution >= 4 is 0 Å².